The number of carbonyl (C=O) groups excluding carboxylic acids is 1. The van der Waals surface area contributed by atoms with Gasteiger partial charge in [-0.15, -0.1) is 0 Å². The number of amides is 1. The van der Waals surface area contributed by atoms with Crippen molar-refractivity contribution in [3.05, 3.63) is 12.2 Å². The van der Waals surface area contributed by atoms with Crippen LogP contribution in [0.3, 0.4) is 0 Å². The van der Waals surface area contributed by atoms with Gasteiger partial charge in [0.05, 0.1) is 152 Å². The van der Waals surface area contributed by atoms with E-state index in [-0.39, 0.29) is 5.91 Å². The first kappa shape index (κ1) is 41.7. The summed E-state index contributed by atoms with van der Waals surface area (Å²) in [6, 6.07) is 0. The second kappa shape index (κ2) is 36.9. The smallest absolute Gasteiger partial charge is 0.246 e. The van der Waals surface area contributed by atoms with Crippen molar-refractivity contribution in [3.8, 4) is 0 Å². The van der Waals surface area contributed by atoms with Gasteiger partial charge in [-0.3, -0.25) is 4.79 Å². The van der Waals surface area contributed by atoms with Crippen molar-refractivity contribution in [1.29, 1.82) is 0 Å². The molecular formula is C29H57NO13. The Bertz CT molecular complexity index is 587. The fourth-order valence-corrected chi connectivity index (χ4v) is 2.83. The minimum atomic E-state index is -0.163. The molecule has 0 unspecified atom stereocenters. The van der Waals surface area contributed by atoms with Crippen LogP contribution in [-0.4, -0.2) is 172 Å². The minimum absolute atomic E-state index is 0.163. The Morgan fingerprint density at radius 1 is 0.419 bits per heavy atom. The molecule has 0 bridgehead atoms. The molecule has 14 heteroatoms. The van der Waals surface area contributed by atoms with Crippen LogP contribution >= 0.6 is 0 Å². The maximum atomic E-state index is 11.3. The predicted octanol–water partition coefficient (Wildman–Crippen LogP) is 0.508. The molecule has 0 saturated carbocycles. The summed E-state index contributed by atoms with van der Waals surface area (Å²) in [5.41, 5.74) is 0.481. The number of ether oxygens (including phenoxy) is 12. The third-order valence-corrected chi connectivity index (χ3v) is 5.07. The molecule has 0 aromatic carbocycles. The SMILES string of the molecule is C=C(C)C(=O)NCCOCCOCCOCCOCCOCCOCCOCCOCCOCCOCCOCCOC. The van der Waals surface area contributed by atoms with Gasteiger partial charge in [-0.1, -0.05) is 6.58 Å². The largest absolute Gasteiger partial charge is 0.382 e. The Balaban J connectivity index is 3.06. The highest BCUT2D eigenvalue weighted by atomic mass is 16.6. The van der Waals surface area contributed by atoms with Gasteiger partial charge < -0.3 is 62.2 Å². The summed E-state index contributed by atoms with van der Waals surface area (Å²) >= 11 is 0. The molecule has 0 aromatic rings. The van der Waals surface area contributed by atoms with Gasteiger partial charge >= 0.3 is 0 Å². The fourth-order valence-electron chi connectivity index (χ4n) is 2.83. The molecule has 1 amide bonds. The van der Waals surface area contributed by atoms with Gasteiger partial charge in [-0.2, -0.15) is 0 Å². The van der Waals surface area contributed by atoms with E-state index in [0.717, 1.165) is 0 Å². The lowest BCUT2D eigenvalue weighted by Gasteiger charge is -2.09. The second-order valence-electron chi connectivity index (χ2n) is 8.77. The molecule has 0 fully saturated rings. The van der Waals surface area contributed by atoms with Crippen molar-refractivity contribution in [1.82, 2.24) is 5.32 Å². The van der Waals surface area contributed by atoms with E-state index in [2.05, 4.69) is 11.9 Å². The summed E-state index contributed by atoms with van der Waals surface area (Å²) in [5.74, 6) is -0.163. The number of hydrogen-bond donors (Lipinski definition) is 1. The van der Waals surface area contributed by atoms with E-state index in [1.165, 1.54) is 0 Å². The zero-order valence-electron chi connectivity index (χ0n) is 26.5. The summed E-state index contributed by atoms with van der Waals surface area (Å²) < 4.78 is 64.5. The monoisotopic (exact) mass is 627 g/mol. The average molecular weight is 628 g/mol. The summed E-state index contributed by atoms with van der Waals surface area (Å²) in [6.45, 7) is 17.4. The molecule has 0 aliphatic heterocycles. The summed E-state index contributed by atoms with van der Waals surface area (Å²) in [7, 11) is 1.64. The molecule has 0 radical (unpaired) electrons. The third kappa shape index (κ3) is 36.8. The quantitative estimate of drug-likeness (QED) is 0.0756. The molecular weight excluding hydrogens is 570 g/mol. The number of hydrogen-bond acceptors (Lipinski definition) is 13. The van der Waals surface area contributed by atoms with Gasteiger partial charge in [0.15, 0.2) is 0 Å². The molecule has 1 N–H and O–H groups in total. The van der Waals surface area contributed by atoms with Crippen molar-refractivity contribution in [2.24, 2.45) is 0 Å². The highest BCUT2D eigenvalue weighted by Gasteiger charge is 2.00. The zero-order chi connectivity index (χ0) is 31.3. The van der Waals surface area contributed by atoms with Crippen molar-refractivity contribution >= 4 is 5.91 Å². The Labute approximate surface area is 257 Å². The van der Waals surface area contributed by atoms with Crippen molar-refractivity contribution in [3.63, 3.8) is 0 Å². The van der Waals surface area contributed by atoms with E-state index in [4.69, 9.17) is 56.8 Å². The highest BCUT2D eigenvalue weighted by Crippen LogP contribution is 1.88. The number of methoxy groups -OCH3 is 1. The number of carbonyl (C=O) groups is 1. The number of nitrogens with one attached hydrogen (secondary N) is 1. The molecule has 0 heterocycles. The zero-order valence-corrected chi connectivity index (χ0v) is 26.5. The Morgan fingerprint density at radius 2 is 0.628 bits per heavy atom. The van der Waals surface area contributed by atoms with E-state index in [1.54, 1.807) is 14.0 Å². The first-order chi connectivity index (χ1) is 21.2. The second-order valence-corrected chi connectivity index (χ2v) is 8.77. The lowest BCUT2D eigenvalue weighted by molar-refractivity contribution is -0.117. The Hall–Kier alpha value is -1.27. The summed E-state index contributed by atoms with van der Waals surface area (Å²) in [6.07, 6.45) is 0. The van der Waals surface area contributed by atoms with Gasteiger partial charge in [0, 0.05) is 19.2 Å². The molecule has 0 spiro atoms. The van der Waals surface area contributed by atoms with Crippen LogP contribution in [0.1, 0.15) is 6.92 Å². The van der Waals surface area contributed by atoms with Crippen LogP contribution in [0.2, 0.25) is 0 Å². The normalized spacial score (nSPS) is 11.3. The van der Waals surface area contributed by atoms with E-state index in [9.17, 15) is 4.79 Å². The van der Waals surface area contributed by atoms with Crippen molar-refractivity contribution in [2.75, 3.05) is 166 Å². The van der Waals surface area contributed by atoms with Crippen LogP contribution in [0.4, 0.5) is 0 Å². The van der Waals surface area contributed by atoms with Gasteiger partial charge in [-0.25, -0.2) is 0 Å². The van der Waals surface area contributed by atoms with Crippen LogP contribution in [-0.2, 0) is 61.6 Å². The van der Waals surface area contributed by atoms with Crippen molar-refractivity contribution < 1.29 is 61.6 Å². The fraction of sp³-hybridized carbons (Fsp3) is 0.897. The number of rotatable bonds is 37. The molecule has 0 aromatic heterocycles. The van der Waals surface area contributed by atoms with Gasteiger partial charge in [0.1, 0.15) is 0 Å². The van der Waals surface area contributed by atoms with Crippen LogP contribution in [0.25, 0.3) is 0 Å². The lowest BCUT2D eigenvalue weighted by atomic mass is 10.3. The average Bonchev–Trinajstić information content (AvgIpc) is 3.00. The molecule has 0 aliphatic rings. The van der Waals surface area contributed by atoms with E-state index in [1.807, 2.05) is 0 Å². The summed E-state index contributed by atoms with van der Waals surface area (Å²) in [4.78, 5) is 11.3. The van der Waals surface area contributed by atoms with Crippen LogP contribution < -0.4 is 5.32 Å². The van der Waals surface area contributed by atoms with E-state index >= 15 is 0 Å². The molecule has 0 aliphatic carbocycles. The maximum Gasteiger partial charge on any atom is 0.246 e. The Kier molecular flexibility index (Phi) is 35.8. The van der Waals surface area contributed by atoms with Gasteiger partial charge in [0.2, 0.25) is 5.91 Å². The molecule has 14 nitrogen and oxygen atoms in total. The molecule has 0 rings (SSSR count). The topological polar surface area (TPSA) is 140 Å². The maximum absolute atomic E-state index is 11.3. The molecule has 256 valence electrons. The standard InChI is InChI=1S/C29H57NO13/c1-28(2)29(31)30-4-5-33-8-9-35-12-13-37-16-17-39-20-21-41-24-25-43-27-26-42-23-22-40-19-18-38-15-14-36-11-10-34-7-6-32-3/h1,4-27H2,2-3H3,(H,30,31). The molecule has 0 saturated heterocycles. The Morgan fingerprint density at radius 3 is 0.837 bits per heavy atom. The van der Waals surface area contributed by atoms with Crippen molar-refractivity contribution in [2.45, 2.75) is 6.92 Å². The first-order valence-electron chi connectivity index (χ1n) is 15.0. The predicted molar refractivity (Wildman–Crippen MR) is 159 cm³/mol. The van der Waals surface area contributed by atoms with Crippen LogP contribution in [0.5, 0.6) is 0 Å². The lowest BCUT2D eigenvalue weighted by Crippen LogP contribution is -2.27. The van der Waals surface area contributed by atoms with E-state index in [0.29, 0.717) is 164 Å². The van der Waals surface area contributed by atoms with Crippen LogP contribution in [0, 0.1) is 0 Å². The first-order valence-corrected chi connectivity index (χ1v) is 15.0. The molecule has 0 atom stereocenters. The summed E-state index contributed by atoms with van der Waals surface area (Å²) in [5, 5.41) is 2.69. The molecule has 43 heavy (non-hydrogen) atoms. The van der Waals surface area contributed by atoms with E-state index < -0.39 is 0 Å². The third-order valence-electron chi connectivity index (χ3n) is 5.07. The van der Waals surface area contributed by atoms with Gasteiger partial charge in [0.25, 0.3) is 0 Å². The van der Waals surface area contributed by atoms with Crippen LogP contribution in [0.15, 0.2) is 12.2 Å². The highest BCUT2D eigenvalue weighted by molar-refractivity contribution is 5.92. The minimum Gasteiger partial charge on any atom is -0.382 e. The van der Waals surface area contributed by atoms with Gasteiger partial charge in [-0.05, 0) is 6.92 Å².